The molecule has 2 fully saturated rings. The van der Waals surface area contributed by atoms with Gasteiger partial charge in [0.05, 0.1) is 4.58 Å². The number of hydrogen-bond acceptors (Lipinski definition) is 3. The van der Waals surface area contributed by atoms with Crippen LogP contribution >= 0.6 is 23.5 Å². The van der Waals surface area contributed by atoms with Crippen LogP contribution in [0.5, 0.6) is 0 Å². The predicted molar refractivity (Wildman–Crippen MR) is 83.9 cm³/mol. The molecule has 3 nitrogen and oxygen atoms in total. The lowest BCUT2D eigenvalue weighted by Gasteiger charge is -2.17. The summed E-state index contributed by atoms with van der Waals surface area (Å²) < 4.78 is 0.531. The number of anilines is 1. The zero-order chi connectivity index (χ0) is 13.1. The third kappa shape index (κ3) is 3.20. The summed E-state index contributed by atoms with van der Waals surface area (Å²) in [4.78, 5) is 13.9. The molecule has 0 aromatic heterocycles. The summed E-state index contributed by atoms with van der Waals surface area (Å²) in [6.07, 6.45) is 2.26. The van der Waals surface area contributed by atoms with Crippen LogP contribution in [0.2, 0.25) is 0 Å². The molecule has 0 saturated carbocycles. The van der Waals surface area contributed by atoms with Crippen molar-refractivity contribution in [1.29, 1.82) is 0 Å². The summed E-state index contributed by atoms with van der Waals surface area (Å²) in [7, 11) is 0. The molecule has 0 spiro atoms. The first-order chi connectivity index (χ1) is 9.33. The molecule has 2 aliphatic heterocycles. The van der Waals surface area contributed by atoms with Gasteiger partial charge in [0.15, 0.2) is 0 Å². The van der Waals surface area contributed by atoms with E-state index in [1.165, 1.54) is 17.1 Å². The number of carbonyl (C=O) groups is 1. The summed E-state index contributed by atoms with van der Waals surface area (Å²) in [5.41, 5.74) is 2.23. The Morgan fingerprint density at radius 2 is 1.95 bits per heavy atom. The van der Waals surface area contributed by atoms with E-state index in [1.54, 1.807) is 0 Å². The highest BCUT2D eigenvalue weighted by Gasteiger charge is 2.20. The summed E-state index contributed by atoms with van der Waals surface area (Å²) in [5, 5.41) is 3.02. The van der Waals surface area contributed by atoms with E-state index in [0.717, 1.165) is 31.6 Å². The van der Waals surface area contributed by atoms with Gasteiger partial charge in [-0.1, -0.05) is 12.1 Å². The zero-order valence-corrected chi connectivity index (χ0v) is 12.4. The maximum atomic E-state index is 12.1. The van der Waals surface area contributed by atoms with Gasteiger partial charge >= 0.3 is 6.03 Å². The normalized spacial score (nSPS) is 19.9. The average Bonchev–Trinajstić information content (AvgIpc) is 3.13. The lowest BCUT2D eigenvalue weighted by Crippen LogP contribution is -2.32. The topological polar surface area (TPSA) is 32.3 Å². The monoisotopic (exact) mass is 294 g/mol. The molecule has 0 unspecified atom stereocenters. The fourth-order valence-corrected chi connectivity index (χ4v) is 5.27. The number of urea groups is 1. The fourth-order valence-electron chi connectivity index (χ4n) is 2.44. The molecule has 2 amide bonds. The van der Waals surface area contributed by atoms with E-state index in [9.17, 15) is 4.79 Å². The van der Waals surface area contributed by atoms with Crippen molar-refractivity contribution in [3.05, 3.63) is 29.8 Å². The van der Waals surface area contributed by atoms with Crippen molar-refractivity contribution < 1.29 is 4.79 Å². The number of nitrogens with zero attached hydrogens (tertiary/aromatic N) is 1. The Labute approximate surface area is 122 Å². The summed E-state index contributed by atoms with van der Waals surface area (Å²) >= 11 is 3.98. The Balaban J connectivity index is 1.66. The number of rotatable bonds is 2. The highest BCUT2D eigenvalue weighted by atomic mass is 32.2. The highest BCUT2D eigenvalue weighted by Crippen LogP contribution is 2.45. The van der Waals surface area contributed by atoms with Crippen LogP contribution in [0.25, 0.3) is 0 Å². The van der Waals surface area contributed by atoms with Crippen LogP contribution in [0.4, 0.5) is 10.5 Å². The molecule has 0 radical (unpaired) electrons. The Morgan fingerprint density at radius 3 is 2.68 bits per heavy atom. The molecular weight excluding hydrogens is 276 g/mol. The van der Waals surface area contributed by atoms with Crippen molar-refractivity contribution in [2.45, 2.75) is 17.4 Å². The van der Waals surface area contributed by atoms with Crippen LogP contribution in [0.15, 0.2) is 24.3 Å². The number of benzene rings is 1. The number of nitrogens with one attached hydrogen (secondary N) is 1. The van der Waals surface area contributed by atoms with E-state index in [2.05, 4.69) is 17.4 Å². The minimum Gasteiger partial charge on any atom is -0.325 e. The maximum absolute atomic E-state index is 12.1. The van der Waals surface area contributed by atoms with Crippen molar-refractivity contribution in [2.75, 3.05) is 29.9 Å². The predicted octanol–water partition coefficient (Wildman–Crippen LogP) is 3.79. The molecule has 3 rings (SSSR count). The number of amides is 2. The van der Waals surface area contributed by atoms with Gasteiger partial charge in [-0.2, -0.15) is 0 Å². The zero-order valence-electron chi connectivity index (χ0n) is 10.8. The molecule has 0 bridgehead atoms. The molecule has 2 saturated heterocycles. The lowest BCUT2D eigenvalue weighted by molar-refractivity contribution is 0.222. The second kappa shape index (κ2) is 6.09. The van der Waals surface area contributed by atoms with E-state index in [4.69, 9.17) is 0 Å². The van der Waals surface area contributed by atoms with Crippen molar-refractivity contribution in [2.24, 2.45) is 0 Å². The van der Waals surface area contributed by atoms with E-state index in [1.807, 2.05) is 40.6 Å². The Morgan fingerprint density at radius 1 is 1.21 bits per heavy atom. The third-order valence-corrected chi connectivity index (χ3v) is 6.53. The van der Waals surface area contributed by atoms with Gasteiger partial charge in [-0.3, -0.25) is 0 Å². The van der Waals surface area contributed by atoms with Gasteiger partial charge in [0, 0.05) is 30.3 Å². The van der Waals surface area contributed by atoms with Gasteiger partial charge in [0.2, 0.25) is 0 Å². The van der Waals surface area contributed by atoms with Gasteiger partial charge in [-0.25, -0.2) is 4.79 Å². The Hall–Kier alpha value is -0.810. The standard InChI is InChI=1S/C14H18N2OS2/c17-14(16-6-1-2-7-16)15-12-5-3-4-11(10-12)13-18-8-9-19-13/h3-5,10,13H,1-2,6-9H2,(H,15,17). The molecule has 1 N–H and O–H groups in total. The summed E-state index contributed by atoms with van der Waals surface area (Å²) in [6, 6.07) is 8.32. The smallest absolute Gasteiger partial charge is 0.321 e. The van der Waals surface area contributed by atoms with Crippen molar-refractivity contribution in [1.82, 2.24) is 4.90 Å². The van der Waals surface area contributed by atoms with Crippen LogP contribution in [-0.4, -0.2) is 35.5 Å². The first kappa shape index (κ1) is 13.2. The largest absolute Gasteiger partial charge is 0.325 e. The molecule has 5 heteroatoms. The van der Waals surface area contributed by atoms with Crippen molar-refractivity contribution in [3.8, 4) is 0 Å². The first-order valence-electron chi connectivity index (χ1n) is 6.72. The van der Waals surface area contributed by atoms with Crippen LogP contribution < -0.4 is 5.32 Å². The fraction of sp³-hybridized carbons (Fsp3) is 0.500. The number of hydrogen-bond donors (Lipinski definition) is 1. The minimum atomic E-state index is 0.0429. The van der Waals surface area contributed by atoms with Gasteiger partial charge in [0.1, 0.15) is 0 Å². The van der Waals surface area contributed by atoms with Crippen LogP contribution in [-0.2, 0) is 0 Å². The van der Waals surface area contributed by atoms with Gasteiger partial charge < -0.3 is 10.2 Å². The third-order valence-electron chi connectivity index (χ3n) is 3.43. The molecule has 19 heavy (non-hydrogen) atoms. The second-order valence-electron chi connectivity index (χ2n) is 4.82. The molecule has 2 aliphatic rings. The Kier molecular flexibility index (Phi) is 4.23. The Bertz CT molecular complexity index is 455. The van der Waals surface area contributed by atoms with E-state index >= 15 is 0 Å². The highest BCUT2D eigenvalue weighted by molar-refractivity contribution is 8.19. The van der Waals surface area contributed by atoms with Crippen LogP contribution in [0.1, 0.15) is 23.0 Å². The van der Waals surface area contributed by atoms with E-state index in [-0.39, 0.29) is 6.03 Å². The first-order valence-corrected chi connectivity index (χ1v) is 8.82. The van der Waals surface area contributed by atoms with E-state index in [0.29, 0.717) is 4.58 Å². The quantitative estimate of drug-likeness (QED) is 0.900. The maximum Gasteiger partial charge on any atom is 0.321 e. The molecule has 2 heterocycles. The molecule has 0 aliphatic carbocycles. The number of thioether (sulfide) groups is 2. The number of likely N-dealkylation sites (tertiary alicyclic amines) is 1. The summed E-state index contributed by atoms with van der Waals surface area (Å²) in [5.74, 6) is 2.44. The number of carbonyl (C=O) groups excluding carboxylic acids is 1. The van der Waals surface area contributed by atoms with Crippen LogP contribution in [0, 0.1) is 0 Å². The van der Waals surface area contributed by atoms with Crippen molar-refractivity contribution in [3.63, 3.8) is 0 Å². The van der Waals surface area contributed by atoms with E-state index < -0.39 is 0 Å². The molecule has 1 aromatic rings. The molecule has 1 aromatic carbocycles. The minimum absolute atomic E-state index is 0.0429. The van der Waals surface area contributed by atoms with Crippen molar-refractivity contribution >= 4 is 35.2 Å². The molecule has 102 valence electrons. The van der Waals surface area contributed by atoms with Gasteiger partial charge in [-0.15, -0.1) is 23.5 Å². The molecular formula is C14H18N2OS2. The van der Waals surface area contributed by atoms with Gasteiger partial charge in [-0.05, 0) is 30.5 Å². The SMILES string of the molecule is O=C(Nc1cccc(C2SCCS2)c1)N1CCCC1. The van der Waals surface area contributed by atoms with Crippen LogP contribution in [0.3, 0.4) is 0 Å². The molecule has 0 atom stereocenters. The van der Waals surface area contributed by atoms with Gasteiger partial charge in [0.25, 0.3) is 0 Å². The average molecular weight is 294 g/mol. The second-order valence-corrected chi connectivity index (χ2v) is 7.55. The summed E-state index contributed by atoms with van der Waals surface area (Å²) in [6.45, 7) is 1.78. The lowest BCUT2D eigenvalue weighted by atomic mass is 10.2.